The number of rotatable bonds is 5. The van der Waals surface area contributed by atoms with Crippen LogP contribution in [0.15, 0.2) is 36.7 Å². The Morgan fingerprint density at radius 2 is 2.00 bits per heavy atom. The van der Waals surface area contributed by atoms with Gasteiger partial charge in [-0.15, -0.1) is 0 Å². The highest BCUT2D eigenvalue weighted by atomic mass is 19.1. The monoisotopic (exact) mass is 247 g/mol. The van der Waals surface area contributed by atoms with Gasteiger partial charge in [0.05, 0.1) is 6.54 Å². The summed E-state index contributed by atoms with van der Waals surface area (Å²) in [5, 5.41) is 3.44. The van der Waals surface area contributed by atoms with E-state index in [4.69, 9.17) is 0 Å². The minimum Gasteiger partial charge on any atom is -0.348 e. The van der Waals surface area contributed by atoms with Crippen molar-refractivity contribution in [3.8, 4) is 0 Å². The van der Waals surface area contributed by atoms with E-state index in [1.54, 1.807) is 12.4 Å². The third-order valence-corrected chi connectivity index (χ3v) is 2.94. The van der Waals surface area contributed by atoms with Gasteiger partial charge in [0.1, 0.15) is 11.6 Å². The van der Waals surface area contributed by atoms with Gasteiger partial charge >= 0.3 is 0 Å². The number of hydrogen-bond acceptors (Lipinski definition) is 2. The third kappa shape index (κ3) is 3.17. The lowest BCUT2D eigenvalue weighted by Crippen LogP contribution is -2.25. The summed E-state index contributed by atoms with van der Waals surface area (Å²) in [6.07, 6.45) is 3.54. The van der Waals surface area contributed by atoms with E-state index in [1.807, 2.05) is 12.1 Å². The minimum absolute atomic E-state index is 0.190. The molecule has 1 aromatic heterocycles. The summed E-state index contributed by atoms with van der Waals surface area (Å²) in [6, 6.07) is 6.85. The normalized spacial score (nSPS) is 12.9. The first-order chi connectivity index (χ1) is 8.66. The average molecular weight is 247 g/mol. The summed E-state index contributed by atoms with van der Waals surface area (Å²) in [6.45, 7) is 4.96. The van der Waals surface area contributed by atoms with Gasteiger partial charge in [-0.05, 0) is 23.6 Å². The second-order valence-corrected chi connectivity index (χ2v) is 4.69. The van der Waals surface area contributed by atoms with E-state index in [9.17, 15) is 4.39 Å². The Hall–Kier alpha value is -1.68. The first kappa shape index (κ1) is 12.8. The number of H-pyrrole nitrogens is 1. The van der Waals surface area contributed by atoms with Gasteiger partial charge in [-0.2, -0.15) is 0 Å². The molecule has 0 saturated heterocycles. The third-order valence-electron chi connectivity index (χ3n) is 2.94. The molecule has 0 amide bonds. The number of nitrogens with zero attached hydrogens (tertiary/aromatic N) is 1. The number of aromatic amines is 1. The fourth-order valence-corrected chi connectivity index (χ4v) is 2.01. The van der Waals surface area contributed by atoms with Crippen molar-refractivity contribution in [1.82, 2.24) is 15.3 Å². The highest BCUT2D eigenvalue weighted by Gasteiger charge is 2.15. The Balaban J connectivity index is 2.06. The largest absolute Gasteiger partial charge is 0.348 e. The first-order valence-electron chi connectivity index (χ1n) is 6.14. The van der Waals surface area contributed by atoms with Gasteiger partial charge in [0.2, 0.25) is 0 Å². The quantitative estimate of drug-likeness (QED) is 0.852. The van der Waals surface area contributed by atoms with Gasteiger partial charge in [0.15, 0.2) is 0 Å². The molecule has 0 spiro atoms. The summed E-state index contributed by atoms with van der Waals surface area (Å²) in [4.78, 5) is 7.24. The summed E-state index contributed by atoms with van der Waals surface area (Å²) in [7, 11) is 0. The van der Waals surface area contributed by atoms with E-state index < -0.39 is 0 Å². The predicted octanol–water partition coefficient (Wildman–Crippen LogP) is 3.04. The number of benzene rings is 1. The van der Waals surface area contributed by atoms with Crippen LogP contribution in [0.5, 0.6) is 0 Å². The standard InChI is InChI=1S/C14H18FN3/c1-10(2)14(11-3-5-12(15)6-4-11)18-9-13-16-7-8-17-13/h3-8,10,14,18H,9H2,1-2H3,(H,16,17). The highest BCUT2D eigenvalue weighted by Crippen LogP contribution is 2.22. The van der Waals surface area contributed by atoms with Crippen LogP contribution >= 0.6 is 0 Å². The zero-order chi connectivity index (χ0) is 13.0. The van der Waals surface area contributed by atoms with Crippen LogP contribution < -0.4 is 5.32 Å². The topological polar surface area (TPSA) is 40.7 Å². The van der Waals surface area contributed by atoms with Crippen LogP contribution in [-0.2, 0) is 6.54 Å². The number of nitrogens with one attached hydrogen (secondary N) is 2. The molecule has 0 bridgehead atoms. The molecular formula is C14H18FN3. The van der Waals surface area contributed by atoms with Crippen molar-refractivity contribution in [3.05, 3.63) is 53.9 Å². The molecule has 0 saturated carbocycles. The Morgan fingerprint density at radius 1 is 1.28 bits per heavy atom. The van der Waals surface area contributed by atoms with Crippen LogP contribution in [0.2, 0.25) is 0 Å². The number of imidazole rings is 1. The molecule has 4 heteroatoms. The van der Waals surface area contributed by atoms with Gasteiger partial charge < -0.3 is 10.3 Å². The Morgan fingerprint density at radius 3 is 2.56 bits per heavy atom. The molecule has 0 aliphatic carbocycles. The molecule has 2 aromatic rings. The van der Waals surface area contributed by atoms with E-state index in [2.05, 4.69) is 29.1 Å². The molecule has 1 heterocycles. The number of aromatic nitrogens is 2. The van der Waals surface area contributed by atoms with Crippen molar-refractivity contribution < 1.29 is 4.39 Å². The second-order valence-electron chi connectivity index (χ2n) is 4.69. The van der Waals surface area contributed by atoms with Crippen LogP contribution in [-0.4, -0.2) is 9.97 Å². The lowest BCUT2D eigenvalue weighted by molar-refractivity contribution is 0.406. The summed E-state index contributed by atoms with van der Waals surface area (Å²) < 4.78 is 12.9. The van der Waals surface area contributed by atoms with Crippen LogP contribution in [0.4, 0.5) is 4.39 Å². The van der Waals surface area contributed by atoms with Gasteiger partial charge in [-0.1, -0.05) is 26.0 Å². The van der Waals surface area contributed by atoms with Crippen LogP contribution in [0.1, 0.15) is 31.3 Å². The van der Waals surface area contributed by atoms with Crippen molar-refractivity contribution in [2.24, 2.45) is 5.92 Å². The fraction of sp³-hybridized carbons (Fsp3) is 0.357. The molecule has 18 heavy (non-hydrogen) atoms. The van der Waals surface area contributed by atoms with Gasteiger partial charge in [0, 0.05) is 18.4 Å². The molecule has 96 valence electrons. The zero-order valence-electron chi connectivity index (χ0n) is 10.7. The molecular weight excluding hydrogens is 229 g/mol. The number of hydrogen-bond donors (Lipinski definition) is 2. The maximum absolute atomic E-state index is 12.9. The maximum Gasteiger partial charge on any atom is 0.123 e. The minimum atomic E-state index is -0.202. The summed E-state index contributed by atoms with van der Waals surface area (Å²) in [5.41, 5.74) is 1.10. The van der Waals surface area contributed by atoms with Crippen molar-refractivity contribution in [2.45, 2.75) is 26.4 Å². The predicted molar refractivity (Wildman–Crippen MR) is 69.4 cm³/mol. The van der Waals surface area contributed by atoms with Crippen molar-refractivity contribution in [3.63, 3.8) is 0 Å². The molecule has 1 atom stereocenters. The van der Waals surface area contributed by atoms with Gasteiger partial charge in [0.25, 0.3) is 0 Å². The molecule has 0 aliphatic rings. The van der Waals surface area contributed by atoms with Crippen molar-refractivity contribution >= 4 is 0 Å². The Bertz CT molecular complexity index is 462. The molecule has 0 fully saturated rings. The molecule has 2 N–H and O–H groups in total. The molecule has 0 radical (unpaired) electrons. The summed E-state index contributed by atoms with van der Waals surface area (Å²) in [5.74, 6) is 1.13. The Labute approximate surface area is 106 Å². The zero-order valence-corrected chi connectivity index (χ0v) is 10.7. The van der Waals surface area contributed by atoms with E-state index in [1.165, 1.54) is 12.1 Å². The van der Waals surface area contributed by atoms with E-state index >= 15 is 0 Å². The van der Waals surface area contributed by atoms with Gasteiger partial charge in [-0.25, -0.2) is 9.37 Å². The molecule has 1 unspecified atom stereocenters. The second kappa shape index (κ2) is 5.78. The maximum atomic E-state index is 12.9. The highest BCUT2D eigenvalue weighted by molar-refractivity contribution is 5.20. The SMILES string of the molecule is CC(C)C(NCc1ncc[nH]1)c1ccc(F)cc1. The first-order valence-corrected chi connectivity index (χ1v) is 6.14. The smallest absolute Gasteiger partial charge is 0.123 e. The van der Waals surface area contributed by atoms with Crippen LogP contribution in [0.3, 0.4) is 0 Å². The average Bonchev–Trinajstić information content (AvgIpc) is 2.84. The van der Waals surface area contributed by atoms with Crippen molar-refractivity contribution in [1.29, 1.82) is 0 Å². The van der Waals surface area contributed by atoms with E-state index in [-0.39, 0.29) is 11.9 Å². The van der Waals surface area contributed by atoms with E-state index in [0.717, 1.165) is 11.4 Å². The van der Waals surface area contributed by atoms with Crippen molar-refractivity contribution in [2.75, 3.05) is 0 Å². The van der Waals surface area contributed by atoms with Crippen LogP contribution in [0.25, 0.3) is 0 Å². The van der Waals surface area contributed by atoms with Gasteiger partial charge in [-0.3, -0.25) is 0 Å². The Kier molecular flexibility index (Phi) is 4.10. The lowest BCUT2D eigenvalue weighted by atomic mass is 9.96. The molecule has 1 aromatic carbocycles. The molecule has 3 nitrogen and oxygen atoms in total. The van der Waals surface area contributed by atoms with E-state index in [0.29, 0.717) is 12.5 Å². The fourth-order valence-electron chi connectivity index (χ4n) is 2.01. The lowest BCUT2D eigenvalue weighted by Gasteiger charge is -2.22. The number of halogens is 1. The molecule has 0 aliphatic heterocycles. The molecule has 2 rings (SSSR count). The van der Waals surface area contributed by atoms with Crippen LogP contribution in [0, 0.1) is 11.7 Å². The summed E-state index contributed by atoms with van der Waals surface area (Å²) >= 11 is 0.